The van der Waals surface area contributed by atoms with Crippen molar-refractivity contribution in [3.05, 3.63) is 34.0 Å². The Morgan fingerprint density at radius 1 is 1.64 bits per heavy atom. The second-order valence-corrected chi connectivity index (χ2v) is 3.94. The predicted octanol–water partition coefficient (Wildman–Crippen LogP) is 2.55. The zero-order valence-electron chi connectivity index (χ0n) is 6.92. The van der Waals surface area contributed by atoms with Gasteiger partial charge in [-0.2, -0.15) is 0 Å². The highest BCUT2D eigenvalue weighted by Gasteiger charge is 2.05. The van der Waals surface area contributed by atoms with Crippen LogP contribution in [0.15, 0.2) is 18.7 Å². The Morgan fingerprint density at radius 3 is 2.64 bits per heavy atom. The van der Waals surface area contributed by atoms with E-state index in [1.54, 1.807) is 17.4 Å². The summed E-state index contributed by atoms with van der Waals surface area (Å²) in [7, 11) is 0. The first-order valence-electron chi connectivity index (χ1n) is 3.60. The van der Waals surface area contributed by atoms with Gasteiger partial charge in [0.15, 0.2) is 0 Å². The Morgan fingerprint density at radius 2 is 2.27 bits per heavy atom. The fourth-order valence-electron chi connectivity index (χ4n) is 0.882. The minimum Gasteiger partial charge on any atom is -0.320 e. The zero-order chi connectivity index (χ0) is 8.43. The van der Waals surface area contributed by atoms with Gasteiger partial charge in [0, 0.05) is 9.75 Å². The van der Waals surface area contributed by atoms with Crippen molar-refractivity contribution in [3.63, 3.8) is 0 Å². The number of rotatable bonds is 2. The van der Waals surface area contributed by atoms with Crippen molar-refractivity contribution >= 4 is 11.3 Å². The van der Waals surface area contributed by atoms with E-state index in [-0.39, 0.29) is 6.04 Å². The third-order valence-corrected chi connectivity index (χ3v) is 3.02. The molecule has 1 nitrogen and oxygen atoms in total. The van der Waals surface area contributed by atoms with Crippen molar-refractivity contribution < 1.29 is 0 Å². The first-order valence-corrected chi connectivity index (χ1v) is 4.42. The summed E-state index contributed by atoms with van der Waals surface area (Å²) in [5.41, 5.74) is 7.09. The Balaban J connectivity index is 2.96. The van der Waals surface area contributed by atoms with E-state index in [0.717, 1.165) is 0 Å². The average molecular weight is 167 g/mol. The van der Waals surface area contributed by atoms with Gasteiger partial charge in [-0.05, 0) is 25.5 Å². The van der Waals surface area contributed by atoms with Crippen LogP contribution in [0.4, 0.5) is 0 Å². The van der Waals surface area contributed by atoms with Gasteiger partial charge in [0.05, 0.1) is 6.04 Å². The van der Waals surface area contributed by atoms with Crippen LogP contribution in [-0.4, -0.2) is 0 Å². The summed E-state index contributed by atoms with van der Waals surface area (Å²) in [5, 5.41) is 0. The smallest absolute Gasteiger partial charge is 0.0573 e. The second-order valence-electron chi connectivity index (χ2n) is 2.65. The van der Waals surface area contributed by atoms with Crippen molar-refractivity contribution in [1.29, 1.82) is 0 Å². The average Bonchev–Trinajstić information content (AvgIpc) is 2.31. The van der Waals surface area contributed by atoms with E-state index in [1.807, 2.05) is 0 Å². The quantitative estimate of drug-likeness (QED) is 0.673. The number of nitrogens with two attached hydrogens (primary N) is 1. The molecule has 1 rings (SSSR count). The number of hydrogen-bond acceptors (Lipinski definition) is 2. The molecule has 0 radical (unpaired) electrons. The van der Waals surface area contributed by atoms with Gasteiger partial charge in [0.25, 0.3) is 0 Å². The number of thiophene rings is 1. The molecule has 0 saturated heterocycles. The van der Waals surface area contributed by atoms with E-state index in [4.69, 9.17) is 5.73 Å². The van der Waals surface area contributed by atoms with Gasteiger partial charge in [-0.25, -0.2) is 0 Å². The highest BCUT2D eigenvalue weighted by Crippen LogP contribution is 2.25. The molecule has 0 spiro atoms. The van der Waals surface area contributed by atoms with Crippen molar-refractivity contribution in [2.24, 2.45) is 5.73 Å². The van der Waals surface area contributed by atoms with E-state index in [9.17, 15) is 0 Å². The summed E-state index contributed by atoms with van der Waals surface area (Å²) in [5.74, 6) is 0. The molecule has 0 fully saturated rings. The van der Waals surface area contributed by atoms with Gasteiger partial charge in [0.2, 0.25) is 0 Å². The van der Waals surface area contributed by atoms with E-state index in [1.165, 1.54) is 15.3 Å². The SMILES string of the molecule is C=C[C@H](N)c1cc(C)c(C)s1. The molecule has 0 unspecified atom stereocenters. The van der Waals surface area contributed by atoms with Crippen LogP contribution in [0.3, 0.4) is 0 Å². The highest BCUT2D eigenvalue weighted by atomic mass is 32.1. The monoisotopic (exact) mass is 167 g/mol. The van der Waals surface area contributed by atoms with Gasteiger partial charge >= 0.3 is 0 Å². The lowest BCUT2D eigenvalue weighted by atomic mass is 10.2. The molecule has 0 saturated carbocycles. The van der Waals surface area contributed by atoms with Crippen molar-refractivity contribution in [1.82, 2.24) is 0 Å². The summed E-state index contributed by atoms with van der Waals surface area (Å²) < 4.78 is 0. The third-order valence-electron chi connectivity index (χ3n) is 1.77. The summed E-state index contributed by atoms with van der Waals surface area (Å²) in [6.07, 6.45) is 1.77. The molecule has 2 N–H and O–H groups in total. The Labute approximate surface area is 71.5 Å². The van der Waals surface area contributed by atoms with Crippen molar-refractivity contribution in [3.8, 4) is 0 Å². The molecule has 2 heteroatoms. The Hall–Kier alpha value is -0.600. The van der Waals surface area contributed by atoms with Crippen molar-refractivity contribution in [2.75, 3.05) is 0 Å². The molecule has 0 bridgehead atoms. The van der Waals surface area contributed by atoms with Crippen molar-refractivity contribution in [2.45, 2.75) is 19.9 Å². The second kappa shape index (κ2) is 3.20. The van der Waals surface area contributed by atoms with Gasteiger partial charge in [-0.1, -0.05) is 6.08 Å². The molecule has 1 aromatic heterocycles. The maximum absolute atomic E-state index is 5.77. The van der Waals surface area contributed by atoms with E-state index in [0.29, 0.717) is 0 Å². The largest absolute Gasteiger partial charge is 0.320 e. The fraction of sp³-hybridized carbons (Fsp3) is 0.333. The van der Waals surface area contributed by atoms with Crippen LogP contribution in [0.1, 0.15) is 21.4 Å². The molecule has 0 aliphatic heterocycles. The molecule has 11 heavy (non-hydrogen) atoms. The fourth-order valence-corrected chi connectivity index (χ4v) is 1.92. The molecule has 0 aliphatic carbocycles. The molecule has 1 aromatic rings. The minimum absolute atomic E-state index is 0.00685. The van der Waals surface area contributed by atoms with E-state index >= 15 is 0 Å². The Kier molecular flexibility index (Phi) is 2.47. The number of aryl methyl sites for hydroxylation is 2. The first kappa shape index (κ1) is 8.50. The topological polar surface area (TPSA) is 26.0 Å². The van der Waals surface area contributed by atoms with Crippen LogP contribution in [0.25, 0.3) is 0 Å². The maximum atomic E-state index is 5.77. The van der Waals surface area contributed by atoms with Crippen LogP contribution in [0.5, 0.6) is 0 Å². The minimum atomic E-state index is 0.00685. The van der Waals surface area contributed by atoms with Crippen LogP contribution in [0, 0.1) is 13.8 Å². The lowest BCUT2D eigenvalue weighted by Crippen LogP contribution is -2.03. The summed E-state index contributed by atoms with van der Waals surface area (Å²) >= 11 is 1.75. The van der Waals surface area contributed by atoms with Crippen LogP contribution in [-0.2, 0) is 0 Å². The molecular formula is C9H13NS. The Bertz CT molecular complexity index is 243. The highest BCUT2D eigenvalue weighted by molar-refractivity contribution is 7.12. The molecule has 1 atom stereocenters. The van der Waals surface area contributed by atoms with Gasteiger partial charge < -0.3 is 5.73 Å². The lowest BCUT2D eigenvalue weighted by Gasteiger charge is -1.99. The summed E-state index contributed by atoms with van der Waals surface area (Å²) in [6, 6.07) is 2.14. The third kappa shape index (κ3) is 1.70. The molecule has 0 amide bonds. The van der Waals surface area contributed by atoms with Crippen LogP contribution >= 0.6 is 11.3 Å². The van der Waals surface area contributed by atoms with Crippen LogP contribution in [0.2, 0.25) is 0 Å². The first-order chi connectivity index (χ1) is 5.15. The molecule has 0 aliphatic rings. The van der Waals surface area contributed by atoms with Gasteiger partial charge in [-0.3, -0.25) is 0 Å². The lowest BCUT2D eigenvalue weighted by molar-refractivity contribution is 0.939. The summed E-state index contributed by atoms with van der Waals surface area (Å²) in [6.45, 7) is 7.87. The van der Waals surface area contributed by atoms with Gasteiger partial charge in [-0.15, -0.1) is 17.9 Å². The summed E-state index contributed by atoms with van der Waals surface area (Å²) in [4.78, 5) is 2.55. The number of hydrogen-bond donors (Lipinski definition) is 1. The predicted molar refractivity (Wildman–Crippen MR) is 50.9 cm³/mol. The zero-order valence-corrected chi connectivity index (χ0v) is 7.74. The van der Waals surface area contributed by atoms with E-state index in [2.05, 4.69) is 26.5 Å². The van der Waals surface area contributed by atoms with Crippen LogP contribution < -0.4 is 5.73 Å². The molecule has 60 valence electrons. The van der Waals surface area contributed by atoms with Gasteiger partial charge in [0.1, 0.15) is 0 Å². The normalized spacial score (nSPS) is 13.0. The molecular weight excluding hydrogens is 154 g/mol. The van der Waals surface area contributed by atoms with E-state index < -0.39 is 0 Å². The molecule has 0 aromatic carbocycles. The standard InChI is InChI=1S/C9H13NS/c1-4-8(10)9-5-6(2)7(3)11-9/h4-5,8H,1,10H2,2-3H3/t8-/m0/s1. The molecule has 1 heterocycles. The maximum Gasteiger partial charge on any atom is 0.0573 e.